The third-order valence-electron chi connectivity index (χ3n) is 5.63. The number of carbonyl (C=O) groups is 3. The van der Waals surface area contributed by atoms with E-state index in [9.17, 15) is 14.4 Å². The van der Waals surface area contributed by atoms with Crippen LogP contribution in [-0.2, 0) is 4.79 Å². The molecule has 1 aromatic heterocycles. The minimum atomic E-state index is -0.801. The summed E-state index contributed by atoms with van der Waals surface area (Å²) in [5.41, 5.74) is -0.593. The highest BCUT2D eigenvalue weighted by Crippen LogP contribution is 2.43. The summed E-state index contributed by atoms with van der Waals surface area (Å²) >= 11 is 1.39. The Labute approximate surface area is 152 Å². The van der Waals surface area contributed by atoms with Gasteiger partial charge in [0.05, 0.1) is 11.4 Å². The van der Waals surface area contributed by atoms with Gasteiger partial charge < -0.3 is 5.32 Å². The highest BCUT2D eigenvalue weighted by molar-refractivity contribution is 7.14. The van der Waals surface area contributed by atoms with Gasteiger partial charge in [-0.1, -0.05) is 20.8 Å². The van der Waals surface area contributed by atoms with Crippen LogP contribution in [-0.4, -0.2) is 34.7 Å². The van der Waals surface area contributed by atoms with Crippen LogP contribution in [0.1, 0.15) is 61.0 Å². The van der Waals surface area contributed by atoms with E-state index in [1.807, 2.05) is 13.0 Å². The number of aryl methyl sites for hydroxylation is 1. The fraction of sp³-hybridized carbons (Fsp3) is 0.632. The van der Waals surface area contributed by atoms with E-state index in [1.54, 1.807) is 6.07 Å². The number of imide groups is 1. The molecule has 1 aliphatic heterocycles. The zero-order valence-electron chi connectivity index (χ0n) is 15.3. The van der Waals surface area contributed by atoms with E-state index in [2.05, 4.69) is 26.1 Å². The van der Waals surface area contributed by atoms with Crippen molar-refractivity contribution in [2.75, 3.05) is 6.54 Å². The van der Waals surface area contributed by atoms with Crippen LogP contribution in [0.25, 0.3) is 0 Å². The van der Waals surface area contributed by atoms with E-state index >= 15 is 0 Å². The van der Waals surface area contributed by atoms with Crippen molar-refractivity contribution in [2.45, 2.75) is 58.9 Å². The van der Waals surface area contributed by atoms with Crippen LogP contribution < -0.4 is 5.32 Å². The van der Waals surface area contributed by atoms with Crippen molar-refractivity contribution in [1.29, 1.82) is 0 Å². The molecule has 2 heterocycles. The molecule has 1 spiro atoms. The average Bonchev–Trinajstić information content (AvgIpc) is 3.05. The van der Waals surface area contributed by atoms with Crippen molar-refractivity contribution in [2.24, 2.45) is 11.3 Å². The van der Waals surface area contributed by atoms with Crippen molar-refractivity contribution < 1.29 is 14.4 Å². The van der Waals surface area contributed by atoms with Crippen LogP contribution in [0.5, 0.6) is 0 Å². The molecule has 2 aliphatic rings. The number of nitrogens with zero attached hydrogens (tertiary/aromatic N) is 1. The predicted molar refractivity (Wildman–Crippen MR) is 97.8 cm³/mol. The van der Waals surface area contributed by atoms with Gasteiger partial charge in [0.1, 0.15) is 5.54 Å². The van der Waals surface area contributed by atoms with Gasteiger partial charge in [-0.3, -0.25) is 14.5 Å². The molecular formula is C19H26N2O3S. The Morgan fingerprint density at radius 1 is 1.28 bits per heavy atom. The lowest BCUT2D eigenvalue weighted by Gasteiger charge is -2.40. The standard InChI is InChI=1S/C19H26N2O3S/c1-12-5-6-15(25-12)14(22)11-21-16(23)19(20-17(21)24)9-7-13(8-10-19)18(2,3)4/h5-6,13H,7-11H2,1-4H3,(H,20,24). The number of hydrogen-bond donors (Lipinski definition) is 1. The molecule has 1 aromatic rings. The van der Waals surface area contributed by atoms with Crippen LogP contribution >= 0.6 is 11.3 Å². The second kappa shape index (κ2) is 6.24. The smallest absolute Gasteiger partial charge is 0.323 e. The number of amides is 3. The monoisotopic (exact) mass is 362 g/mol. The summed E-state index contributed by atoms with van der Waals surface area (Å²) in [4.78, 5) is 40.4. The molecule has 0 radical (unpaired) electrons. The molecule has 6 heteroatoms. The molecule has 0 unspecified atom stereocenters. The molecule has 0 aromatic carbocycles. The number of rotatable bonds is 3. The predicted octanol–water partition coefficient (Wildman–Crippen LogP) is 3.77. The molecule has 1 saturated carbocycles. The quantitative estimate of drug-likeness (QED) is 0.657. The number of thiophene rings is 1. The van der Waals surface area contributed by atoms with E-state index in [-0.39, 0.29) is 23.7 Å². The van der Waals surface area contributed by atoms with Gasteiger partial charge in [-0.15, -0.1) is 11.3 Å². The molecule has 0 atom stereocenters. The minimum absolute atomic E-state index is 0.172. The lowest BCUT2D eigenvalue weighted by molar-refractivity contribution is -0.132. The summed E-state index contributed by atoms with van der Waals surface area (Å²) in [7, 11) is 0. The Balaban J connectivity index is 1.70. The van der Waals surface area contributed by atoms with E-state index in [0.717, 1.165) is 22.6 Å². The highest BCUT2D eigenvalue weighted by atomic mass is 32.1. The average molecular weight is 362 g/mol. The summed E-state index contributed by atoms with van der Waals surface area (Å²) in [6, 6.07) is 3.20. The van der Waals surface area contributed by atoms with Gasteiger partial charge in [-0.25, -0.2) is 4.79 Å². The molecule has 1 N–H and O–H groups in total. The van der Waals surface area contributed by atoms with Crippen LogP contribution in [0.15, 0.2) is 12.1 Å². The van der Waals surface area contributed by atoms with Gasteiger partial charge in [0.25, 0.3) is 5.91 Å². The number of nitrogens with one attached hydrogen (secondary N) is 1. The Morgan fingerprint density at radius 3 is 2.44 bits per heavy atom. The van der Waals surface area contributed by atoms with Gasteiger partial charge in [0.15, 0.2) is 5.78 Å². The summed E-state index contributed by atoms with van der Waals surface area (Å²) < 4.78 is 0. The summed E-state index contributed by atoms with van der Waals surface area (Å²) in [5.74, 6) is 0.140. The van der Waals surface area contributed by atoms with Crippen LogP contribution in [0.3, 0.4) is 0 Å². The first-order valence-electron chi connectivity index (χ1n) is 8.86. The molecule has 2 fully saturated rings. The van der Waals surface area contributed by atoms with Gasteiger partial charge in [0, 0.05) is 4.88 Å². The second-order valence-corrected chi connectivity index (χ2v) is 9.67. The molecule has 3 rings (SSSR count). The van der Waals surface area contributed by atoms with Crippen LogP contribution in [0, 0.1) is 18.3 Å². The maximum Gasteiger partial charge on any atom is 0.325 e. The van der Waals surface area contributed by atoms with Crippen molar-refractivity contribution in [3.05, 3.63) is 21.9 Å². The SMILES string of the molecule is Cc1ccc(C(=O)CN2C(=O)NC3(CCC(C(C)(C)C)CC3)C2=O)s1. The minimum Gasteiger partial charge on any atom is -0.323 e. The van der Waals surface area contributed by atoms with Crippen molar-refractivity contribution >= 4 is 29.1 Å². The van der Waals surface area contributed by atoms with Gasteiger partial charge >= 0.3 is 6.03 Å². The maximum absolute atomic E-state index is 12.9. The highest BCUT2D eigenvalue weighted by Gasteiger charge is 2.53. The summed E-state index contributed by atoms with van der Waals surface area (Å²) in [6.45, 7) is 8.42. The van der Waals surface area contributed by atoms with Gasteiger partial charge in [-0.05, 0) is 56.1 Å². The molecule has 25 heavy (non-hydrogen) atoms. The Kier molecular flexibility index (Phi) is 4.52. The van der Waals surface area contributed by atoms with Crippen molar-refractivity contribution in [1.82, 2.24) is 10.2 Å². The fourth-order valence-electron chi connectivity index (χ4n) is 3.94. The third kappa shape index (κ3) is 3.36. The molecule has 1 aliphatic carbocycles. The maximum atomic E-state index is 12.9. The molecule has 1 saturated heterocycles. The lowest BCUT2D eigenvalue weighted by atomic mass is 9.67. The number of ketones is 1. The molecular weight excluding hydrogens is 336 g/mol. The number of Topliss-reactive ketones (excluding diaryl/α,β-unsaturated/α-hetero) is 1. The first-order chi connectivity index (χ1) is 11.6. The largest absolute Gasteiger partial charge is 0.325 e. The van der Waals surface area contributed by atoms with Gasteiger partial charge in [-0.2, -0.15) is 0 Å². The van der Waals surface area contributed by atoms with Crippen molar-refractivity contribution in [3.63, 3.8) is 0 Å². The zero-order chi connectivity index (χ0) is 18.4. The normalized spacial score (nSPS) is 27.0. The van der Waals surface area contributed by atoms with E-state index in [4.69, 9.17) is 0 Å². The Morgan fingerprint density at radius 2 is 1.92 bits per heavy atom. The van der Waals surface area contributed by atoms with Crippen LogP contribution in [0.2, 0.25) is 0 Å². The lowest BCUT2D eigenvalue weighted by Crippen LogP contribution is -2.50. The fourth-order valence-corrected chi connectivity index (χ4v) is 4.74. The number of urea groups is 1. The van der Waals surface area contributed by atoms with Crippen molar-refractivity contribution in [3.8, 4) is 0 Å². The molecule has 136 valence electrons. The summed E-state index contributed by atoms with van der Waals surface area (Å²) in [6.07, 6.45) is 3.15. The van der Waals surface area contributed by atoms with Gasteiger partial charge in [0.2, 0.25) is 0 Å². The first-order valence-corrected chi connectivity index (χ1v) is 9.68. The van der Waals surface area contributed by atoms with E-state index < -0.39 is 11.6 Å². The molecule has 3 amide bonds. The number of hydrogen-bond acceptors (Lipinski definition) is 4. The number of carbonyl (C=O) groups excluding carboxylic acids is 3. The first kappa shape index (κ1) is 18.1. The Hall–Kier alpha value is -1.69. The zero-order valence-corrected chi connectivity index (χ0v) is 16.2. The van der Waals surface area contributed by atoms with E-state index in [1.165, 1.54) is 11.3 Å². The Bertz CT molecular complexity index is 708. The summed E-state index contributed by atoms with van der Waals surface area (Å²) in [5, 5.41) is 2.89. The molecule has 0 bridgehead atoms. The van der Waals surface area contributed by atoms with Crippen LogP contribution in [0.4, 0.5) is 4.79 Å². The third-order valence-corrected chi connectivity index (χ3v) is 6.67. The topological polar surface area (TPSA) is 66.5 Å². The second-order valence-electron chi connectivity index (χ2n) is 8.38. The van der Waals surface area contributed by atoms with E-state index in [0.29, 0.717) is 23.6 Å². The molecule has 5 nitrogen and oxygen atoms in total.